The maximum atomic E-state index is 12.1. The van der Waals surface area contributed by atoms with Gasteiger partial charge in [0.25, 0.3) is 0 Å². The Labute approximate surface area is 154 Å². The van der Waals surface area contributed by atoms with E-state index in [-0.39, 0.29) is 28.7 Å². The number of rotatable bonds is 6. The predicted molar refractivity (Wildman–Crippen MR) is 97.3 cm³/mol. The number of carbonyl (C=O) groups excluding carboxylic acids is 1. The number of hydrogen-bond acceptors (Lipinski definition) is 7. The second kappa shape index (κ2) is 8.96. The van der Waals surface area contributed by atoms with Crippen molar-refractivity contribution in [2.45, 2.75) is 59.1 Å². The molecule has 0 radical (unpaired) electrons. The number of methoxy groups -OCH3 is 1. The molecule has 140 valence electrons. The van der Waals surface area contributed by atoms with Crippen molar-refractivity contribution in [1.82, 2.24) is 0 Å². The van der Waals surface area contributed by atoms with Crippen LogP contribution in [0, 0.1) is 22.7 Å². The van der Waals surface area contributed by atoms with Crippen LogP contribution in [0.2, 0.25) is 0 Å². The SMILES string of the molecule is CCC(CC)Nc1c(C#N)cc(OC)c(OC(=O)OC(C)(C)C)c1C#N. The van der Waals surface area contributed by atoms with Gasteiger partial charge < -0.3 is 19.5 Å². The lowest BCUT2D eigenvalue weighted by molar-refractivity contribution is 0.0200. The summed E-state index contributed by atoms with van der Waals surface area (Å²) in [5.41, 5.74) is -0.163. The van der Waals surface area contributed by atoms with E-state index in [9.17, 15) is 15.3 Å². The van der Waals surface area contributed by atoms with Crippen LogP contribution in [0.5, 0.6) is 11.5 Å². The molecule has 0 fully saturated rings. The lowest BCUT2D eigenvalue weighted by Gasteiger charge is -2.22. The number of hydrogen-bond donors (Lipinski definition) is 1. The van der Waals surface area contributed by atoms with Crippen molar-refractivity contribution < 1.29 is 19.0 Å². The van der Waals surface area contributed by atoms with Gasteiger partial charge in [0.15, 0.2) is 11.5 Å². The third-order valence-electron chi connectivity index (χ3n) is 3.61. The van der Waals surface area contributed by atoms with Gasteiger partial charge in [-0.1, -0.05) is 13.8 Å². The van der Waals surface area contributed by atoms with Crippen molar-refractivity contribution in [3.05, 3.63) is 17.2 Å². The largest absolute Gasteiger partial charge is 0.514 e. The van der Waals surface area contributed by atoms with Crippen molar-refractivity contribution in [1.29, 1.82) is 10.5 Å². The molecule has 0 unspecified atom stereocenters. The molecular formula is C19H25N3O4. The molecule has 0 saturated carbocycles. The van der Waals surface area contributed by atoms with Crippen molar-refractivity contribution in [3.63, 3.8) is 0 Å². The van der Waals surface area contributed by atoms with E-state index in [4.69, 9.17) is 14.2 Å². The fourth-order valence-electron chi connectivity index (χ4n) is 2.29. The Balaban J connectivity index is 3.46. The van der Waals surface area contributed by atoms with Gasteiger partial charge in [-0.3, -0.25) is 0 Å². The smallest absolute Gasteiger partial charge is 0.493 e. The molecule has 0 aliphatic rings. The molecule has 0 saturated heterocycles. The van der Waals surface area contributed by atoms with Gasteiger partial charge in [-0.15, -0.1) is 0 Å². The number of carbonyl (C=O) groups is 1. The second-order valence-electron chi connectivity index (χ2n) is 6.65. The monoisotopic (exact) mass is 359 g/mol. The molecule has 1 rings (SSSR count). The van der Waals surface area contributed by atoms with Crippen LogP contribution >= 0.6 is 0 Å². The van der Waals surface area contributed by atoms with Crippen LogP contribution in [-0.4, -0.2) is 24.9 Å². The summed E-state index contributed by atoms with van der Waals surface area (Å²) in [6, 6.07) is 5.56. The number of ether oxygens (including phenoxy) is 3. The standard InChI is InChI=1S/C19H25N3O4/c1-7-13(8-2)22-16-12(10-20)9-15(24-6)17(14(16)11-21)25-18(23)26-19(3,4)5/h9,13,22H,7-8H2,1-6H3. The molecule has 0 amide bonds. The van der Waals surface area contributed by atoms with Gasteiger partial charge in [-0.05, 0) is 33.6 Å². The zero-order valence-corrected chi connectivity index (χ0v) is 16.1. The van der Waals surface area contributed by atoms with E-state index in [2.05, 4.69) is 11.4 Å². The minimum Gasteiger partial charge on any atom is -0.493 e. The van der Waals surface area contributed by atoms with Gasteiger partial charge in [0.2, 0.25) is 0 Å². The van der Waals surface area contributed by atoms with Gasteiger partial charge in [0, 0.05) is 12.1 Å². The Bertz CT molecular complexity index is 735. The first-order valence-corrected chi connectivity index (χ1v) is 8.43. The van der Waals surface area contributed by atoms with Crippen LogP contribution in [0.4, 0.5) is 10.5 Å². The fourth-order valence-corrected chi connectivity index (χ4v) is 2.29. The number of benzene rings is 1. The highest BCUT2D eigenvalue weighted by Gasteiger charge is 2.26. The molecular weight excluding hydrogens is 334 g/mol. The number of anilines is 1. The number of nitriles is 2. The van der Waals surface area contributed by atoms with Crippen LogP contribution in [0.3, 0.4) is 0 Å². The normalized spacial score (nSPS) is 10.7. The molecule has 0 aliphatic carbocycles. The Morgan fingerprint density at radius 3 is 2.27 bits per heavy atom. The molecule has 1 aromatic rings. The third-order valence-corrected chi connectivity index (χ3v) is 3.61. The first-order chi connectivity index (χ1) is 12.2. The summed E-state index contributed by atoms with van der Waals surface area (Å²) in [6.07, 6.45) is 0.659. The van der Waals surface area contributed by atoms with E-state index >= 15 is 0 Å². The molecule has 0 atom stereocenters. The maximum absolute atomic E-state index is 12.1. The van der Waals surface area contributed by atoms with Crippen LogP contribution in [-0.2, 0) is 4.74 Å². The molecule has 0 aliphatic heterocycles. The summed E-state index contributed by atoms with van der Waals surface area (Å²) in [4.78, 5) is 12.1. The van der Waals surface area contributed by atoms with Gasteiger partial charge in [-0.25, -0.2) is 4.79 Å². The predicted octanol–water partition coefficient (Wildman–Crippen LogP) is 4.35. The summed E-state index contributed by atoms with van der Waals surface area (Å²) < 4.78 is 15.6. The number of nitrogens with one attached hydrogen (secondary N) is 1. The highest BCUT2D eigenvalue weighted by Crippen LogP contribution is 2.39. The average Bonchev–Trinajstić information content (AvgIpc) is 2.57. The van der Waals surface area contributed by atoms with Crippen molar-refractivity contribution in [2.75, 3.05) is 12.4 Å². The Morgan fingerprint density at radius 1 is 1.23 bits per heavy atom. The summed E-state index contributed by atoms with van der Waals surface area (Å²) in [5, 5.41) is 22.3. The van der Waals surface area contributed by atoms with Gasteiger partial charge in [-0.2, -0.15) is 10.5 Å². The molecule has 0 heterocycles. The Hall–Kier alpha value is -2.93. The Kier molecular flexibility index (Phi) is 7.28. The molecule has 26 heavy (non-hydrogen) atoms. The van der Waals surface area contributed by atoms with E-state index in [0.717, 1.165) is 12.8 Å². The molecule has 1 aromatic carbocycles. The first-order valence-electron chi connectivity index (χ1n) is 8.43. The fraction of sp³-hybridized carbons (Fsp3) is 0.526. The van der Waals surface area contributed by atoms with Gasteiger partial charge >= 0.3 is 6.16 Å². The van der Waals surface area contributed by atoms with E-state index in [1.807, 2.05) is 19.9 Å². The van der Waals surface area contributed by atoms with Crippen LogP contribution in [0.1, 0.15) is 58.6 Å². The van der Waals surface area contributed by atoms with Crippen LogP contribution < -0.4 is 14.8 Å². The third kappa shape index (κ3) is 5.29. The zero-order valence-electron chi connectivity index (χ0n) is 16.1. The van der Waals surface area contributed by atoms with Crippen molar-refractivity contribution >= 4 is 11.8 Å². The molecule has 0 bridgehead atoms. The molecule has 7 heteroatoms. The minimum absolute atomic E-state index is 0.0265. The lowest BCUT2D eigenvalue weighted by atomic mass is 10.0. The average molecular weight is 359 g/mol. The summed E-state index contributed by atoms with van der Waals surface area (Å²) >= 11 is 0. The summed E-state index contributed by atoms with van der Waals surface area (Å²) in [5.74, 6) is 0.0377. The molecule has 1 N–H and O–H groups in total. The lowest BCUT2D eigenvalue weighted by Crippen LogP contribution is -2.26. The highest BCUT2D eigenvalue weighted by atomic mass is 16.7. The number of nitrogens with zero attached hydrogens (tertiary/aromatic N) is 2. The Morgan fingerprint density at radius 2 is 1.85 bits per heavy atom. The van der Waals surface area contributed by atoms with Crippen molar-refractivity contribution in [2.24, 2.45) is 0 Å². The van der Waals surface area contributed by atoms with Crippen molar-refractivity contribution in [3.8, 4) is 23.6 Å². The first kappa shape index (κ1) is 21.1. The van der Waals surface area contributed by atoms with E-state index in [1.165, 1.54) is 13.2 Å². The maximum Gasteiger partial charge on any atom is 0.514 e. The van der Waals surface area contributed by atoms with E-state index in [0.29, 0.717) is 5.69 Å². The summed E-state index contributed by atoms with van der Waals surface area (Å²) in [6.45, 7) is 9.11. The van der Waals surface area contributed by atoms with E-state index < -0.39 is 11.8 Å². The van der Waals surface area contributed by atoms with Gasteiger partial charge in [0.1, 0.15) is 23.3 Å². The van der Waals surface area contributed by atoms with Gasteiger partial charge in [0.05, 0.1) is 18.4 Å². The molecule has 7 nitrogen and oxygen atoms in total. The highest BCUT2D eigenvalue weighted by molar-refractivity contribution is 5.78. The van der Waals surface area contributed by atoms with Crippen LogP contribution in [0.15, 0.2) is 6.07 Å². The second-order valence-corrected chi connectivity index (χ2v) is 6.65. The minimum atomic E-state index is -0.953. The summed E-state index contributed by atoms with van der Waals surface area (Å²) in [7, 11) is 1.37. The topological polar surface area (TPSA) is 104 Å². The quantitative estimate of drug-likeness (QED) is 0.594. The molecule has 0 aromatic heterocycles. The van der Waals surface area contributed by atoms with Crippen LogP contribution in [0.25, 0.3) is 0 Å². The molecule has 0 spiro atoms. The van der Waals surface area contributed by atoms with E-state index in [1.54, 1.807) is 20.8 Å². The zero-order chi connectivity index (χ0) is 19.9.